The third kappa shape index (κ3) is 2.35. The maximum absolute atomic E-state index is 12.3. The number of likely N-dealkylation sites (tertiary alicyclic amines) is 1. The zero-order chi connectivity index (χ0) is 13.2. The summed E-state index contributed by atoms with van der Waals surface area (Å²) in [6.45, 7) is 6.07. The lowest BCUT2D eigenvalue weighted by molar-refractivity contribution is 0.0769. The summed E-state index contributed by atoms with van der Waals surface area (Å²) in [5.74, 6) is 0.187. The summed E-state index contributed by atoms with van der Waals surface area (Å²) >= 11 is 0. The minimum absolute atomic E-state index is 0.0367. The normalized spacial score (nSPS) is 18.0. The number of hydrogen-bond donors (Lipinski definition) is 1. The van der Waals surface area contributed by atoms with Crippen LogP contribution in [0.5, 0.6) is 5.75 Å². The summed E-state index contributed by atoms with van der Waals surface area (Å²) in [5, 5.41) is 9.43. The molecule has 0 bridgehead atoms. The number of hydrogen-bond acceptors (Lipinski definition) is 2. The molecule has 1 amide bonds. The van der Waals surface area contributed by atoms with Crippen LogP contribution < -0.4 is 0 Å². The zero-order valence-corrected chi connectivity index (χ0v) is 11.1. The molecule has 0 radical (unpaired) electrons. The van der Waals surface area contributed by atoms with Gasteiger partial charge in [0.2, 0.25) is 0 Å². The number of carbonyl (C=O) groups excluding carboxylic acids is 1. The Morgan fingerprint density at radius 3 is 2.67 bits per heavy atom. The summed E-state index contributed by atoms with van der Waals surface area (Å²) in [6.07, 6.45) is 3.32. The number of benzene rings is 1. The number of amides is 1. The summed E-state index contributed by atoms with van der Waals surface area (Å²) in [5.41, 5.74) is 0.880. The molecule has 1 N–H and O–H groups in total. The van der Waals surface area contributed by atoms with Crippen molar-refractivity contribution in [2.45, 2.75) is 33.1 Å². The Bertz CT molecular complexity index is 438. The first kappa shape index (κ1) is 12.9. The molecule has 1 heterocycles. The van der Waals surface area contributed by atoms with Crippen LogP contribution in [-0.2, 0) is 0 Å². The highest BCUT2D eigenvalue weighted by molar-refractivity contribution is 5.94. The van der Waals surface area contributed by atoms with Crippen LogP contribution in [0.3, 0.4) is 0 Å². The Morgan fingerprint density at radius 1 is 1.39 bits per heavy atom. The minimum Gasteiger partial charge on any atom is -0.508 e. The van der Waals surface area contributed by atoms with Gasteiger partial charge in [0.15, 0.2) is 0 Å². The van der Waals surface area contributed by atoms with Gasteiger partial charge in [0.05, 0.1) is 0 Å². The molecule has 1 aliphatic heterocycles. The van der Waals surface area contributed by atoms with E-state index in [0.29, 0.717) is 11.0 Å². The van der Waals surface area contributed by atoms with Crippen LogP contribution in [0, 0.1) is 5.41 Å². The number of carbonyl (C=O) groups is 1. The molecule has 0 spiro atoms. The van der Waals surface area contributed by atoms with Gasteiger partial charge in [-0.3, -0.25) is 4.79 Å². The number of phenols is 1. The van der Waals surface area contributed by atoms with Crippen LogP contribution in [-0.4, -0.2) is 29.0 Å². The van der Waals surface area contributed by atoms with Crippen molar-refractivity contribution in [3.8, 4) is 5.75 Å². The second kappa shape index (κ2) is 5.01. The molecule has 1 fully saturated rings. The maximum atomic E-state index is 12.3. The van der Waals surface area contributed by atoms with Crippen molar-refractivity contribution in [2.75, 3.05) is 13.1 Å². The fraction of sp³-hybridized carbons (Fsp3) is 0.533. The number of nitrogens with zero attached hydrogens (tertiary/aromatic N) is 1. The zero-order valence-electron chi connectivity index (χ0n) is 11.1. The Morgan fingerprint density at radius 2 is 2.11 bits per heavy atom. The van der Waals surface area contributed by atoms with Crippen LogP contribution in [0.2, 0.25) is 0 Å². The van der Waals surface area contributed by atoms with Gasteiger partial charge in [-0.1, -0.05) is 19.9 Å². The van der Waals surface area contributed by atoms with Crippen molar-refractivity contribution < 1.29 is 9.90 Å². The lowest BCUT2D eigenvalue weighted by atomic mass is 9.82. The van der Waals surface area contributed by atoms with Crippen molar-refractivity contribution in [1.29, 1.82) is 0 Å². The van der Waals surface area contributed by atoms with Gasteiger partial charge >= 0.3 is 0 Å². The number of phenolic OH excluding ortho intramolecular Hbond substituents is 1. The van der Waals surface area contributed by atoms with Crippen molar-refractivity contribution >= 4 is 5.91 Å². The Balaban J connectivity index is 2.12. The molecular formula is C15H21NO2. The topological polar surface area (TPSA) is 40.5 Å². The third-order valence-electron chi connectivity index (χ3n) is 4.32. The smallest absolute Gasteiger partial charge is 0.254 e. The van der Waals surface area contributed by atoms with E-state index < -0.39 is 0 Å². The van der Waals surface area contributed by atoms with E-state index in [1.54, 1.807) is 24.3 Å². The SMILES string of the molecule is CCC1(CC)CCN(C(=O)c2cccc(O)c2)C1. The lowest BCUT2D eigenvalue weighted by Crippen LogP contribution is -2.31. The molecule has 1 aliphatic rings. The van der Waals surface area contributed by atoms with Crippen molar-refractivity contribution in [3.05, 3.63) is 29.8 Å². The Hall–Kier alpha value is -1.51. The van der Waals surface area contributed by atoms with E-state index in [1.165, 1.54) is 0 Å². The van der Waals surface area contributed by atoms with Gasteiger partial charge in [-0.15, -0.1) is 0 Å². The molecule has 0 atom stereocenters. The summed E-state index contributed by atoms with van der Waals surface area (Å²) in [7, 11) is 0. The fourth-order valence-corrected chi connectivity index (χ4v) is 2.76. The van der Waals surface area contributed by atoms with E-state index in [-0.39, 0.29) is 11.7 Å². The molecule has 0 aromatic heterocycles. The summed E-state index contributed by atoms with van der Waals surface area (Å²) < 4.78 is 0. The van der Waals surface area contributed by atoms with E-state index in [0.717, 1.165) is 32.4 Å². The predicted octanol–water partition coefficient (Wildman–Crippen LogP) is 3.04. The second-order valence-corrected chi connectivity index (χ2v) is 5.23. The maximum Gasteiger partial charge on any atom is 0.254 e. The average molecular weight is 247 g/mol. The van der Waals surface area contributed by atoms with Crippen molar-refractivity contribution in [2.24, 2.45) is 5.41 Å². The van der Waals surface area contributed by atoms with E-state index >= 15 is 0 Å². The Kier molecular flexibility index (Phi) is 3.60. The molecule has 1 saturated heterocycles. The third-order valence-corrected chi connectivity index (χ3v) is 4.32. The molecule has 98 valence electrons. The van der Waals surface area contributed by atoms with Gasteiger partial charge in [0, 0.05) is 18.7 Å². The summed E-state index contributed by atoms with van der Waals surface area (Å²) in [4.78, 5) is 14.3. The highest BCUT2D eigenvalue weighted by Gasteiger charge is 2.37. The standard InChI is InChI=1S/C15H21NO2/c1-3-15(4-2)8-9-16(11-15)14(18)12-6-5-7-13(17)10-12/h5-7,10,17H,3-4,8-9,11H2,1-2H3. The molecule has 3 nitrogen and oxygen atoms in total. The Labute approximate surface area is 108 Å². The van der Waals surface area contributed by atoms with Gasteiger partial charge in [-0.25, -0.2) is 0 Å². The average Bonchev–Trinajstić information content (AvgIpc) is 2.83. The molecule has 1 aromatic rings. The predicted molar refractivity (Wildman–Crippen MR) is 71.6 cm³/mol. The fourth-order valence-electron chi connectivity index (χ4n) is 2.76. The van der Waals surface area contributed by atoms with Crippen LogP contribution in [0.15, 0.2) is 24.3 Å². The van der Waals surface area contributed by atoms with Gasteiger partial charge in [0.1, 0.15) is 5.75 Å². The van der Waals surface area contributed by atoms with Gasteiger partial charge in [-0.05, 0) is 42.9 Å². The van der Waals surface area contributed by atoms with Crippen molar-refractivity contribution in [1.82, 2.24) is 4.90 Å². The molecule has 3 heteroatoms. The molecule has 0 aliphatic carbocycles. The van der Waals surface area contributed by atoms with E-state index in [2.05, 4.69) is 13.8 Å². The first-order valence-electron chi connectivity index (χ1n) is 6.68. The first-order chi connectivity index (χ1) is 8.60. The highest BCUT2D eigenvalue weighted by Crippen LogP contribution is 2.37. The number of rotatable bonds is 3. The number of aromatic hydroxyl groups is 1. The van der Waals surface area contributed by atoms with Crippen LogP contribution in [0.4, 0.5) is 0 Å². The quantitative estimate of drug-likeness (QED) is 0.891. The molecule has 18 heavy (non-hydrogen) atoms. The molecule has 1 aromatic carbocycles. The largest absolute Gasteiger partial charge is 0.508 e. The second-order valence-electron chi connectivity index (χ2n) is 5.23. The van der Waals surface area contributed by atoms with E-state index in [9.17, 15) is 9.90 Å². The van der Waals surface area contributed by atoms with Gasteiger partial charge < -0.3 is 10.0 Å². The molecular weight excluding hydrogens is 226 g/mol. The lowest BCUT2D eigenvalue weighted by Gasteiger charge is -2.26. The minimum atomic E-state index is 0.0367. The van der Waals surface area contributed by atoms with Crippen LogP contribution in [0.25, 0.3) is 0 Å². The molecule has 0 unspecified atom stereocenters. The molecule has 0 saturated carbocycles. The van der Waals surface area contributed by atoms with E-state index in [4.69, 9.17) is 0 Å². The highest BCUT2D eigenvalue weighted by atomic mass is 16.3. The monoisotopic (exact) mass is 247 g/mol. The van der Waals surface area contributed by atoms with Gasteiger partial charge in [-0.2, -0.15) is 0 Å². The van der Waals surface area contributed by atoms with Crippen LogP contribution >= 0.6 is 0 Å². The van der Waals surface area contributed by atoms with Gasteiger partial charge in [0.25, 0.3) is 5.91 Å². The van der Waals surface area contributed by atoms with Crippen LogP contribution in [0.1, 0.15) is 43.5 Å². The molecule has 2 rings (SSSR count). The summed E-state index contributed by atoms with van der Waals surface area (Å²) in [6, 6.07) is 6.61. The van der Waals surface area contributed by atoms with E-state index in [1.807, 2.05) is 4.90 Å². The first-order valence-corrected chi connectivity index (χ1v) is 6.68. The van der Waals surface area contributed by atoms with Crippen molar-refractivity contribution in [3.63, 3.8) is 0 Å².